The normalized spacial score (nSPS) is 12.2. The van der Waals surface area contributed by atoms with Gasteiger partial charge in [-0.05, 0) is 36.8 Å². The monoisotopic (exact) mass is 263 g/mol. The Balaban J connectivity index is 2.07. The quantitative estimate of drug-likeness (QED) is 0.918. The van der Waals surface area contributed by atoms with E-state index in [2.05, 4.69) is 0 Å². The maximum Gasteiger partial charge on any atom is 0.131 e. The summed E-state index contributed by atoms with van der Waals surface area (Å²) in [5, 5.41) is 0. The first-order chi connectivity index (χ1) is 9.08. The second kappa shape index (κ2) is 5.80. The summed E-state index contributed by atoms with van der Waals surface area (Å²) in [5.41, 5.74) is 6.68. The molecule has 2 aromatic rings. The summed E-state index contributed by atoms with van der Waals surface area (Å²) < 4.78 is 32.5. The van der Waals surface area contributed by atoms with E-state index in [1.54, 1.807) is 6.07 Å². The summed E-state index contributed by atoms with van der Waals surface area (Å²) in [6.07, 6.45) is 0. The van der Waals surface area contributed by atoms with Gasteiger partial charge >= 0.3 is 0 Å². The minimum Gasteiger partial charge on any atom is -0.492 e. The fraction of sp³-hybridized carbons (Fsp3) is 0.200. The number of nitrogens with two attached hydrogens (primary N) is 1. The van der Waals surface area contributed by atoms with E-state index in [4.69, 9.17) is 10.5 Å². The summed E-state index contributed by atoms with van der Waals surface area (Å²) >= 11 is 0. The Morgan fingerprint density at radius 2 is 1.74 bits per heavy atom. The van der Waals surface area contributed by atoms with Gasteiger partial charge in [-0.25, -0.2) is 8.78 Å². The topological polar surface area (TPSA) is 35.2 Å². The van der Waals surface area contributed by atoms with Gasteiger partial charge in [0.2, 0.25) is 0 Å². The van der Waals surface area contributed by atoms with E-state index >= 15 is 0 Å². The first kappa shape index (κ1) is 13.5. The standard InChI is InChI=1S/C15H15F2NO/c1-10-4-2-5-11(8-10)19-9-14(18)15-12(16)6-3-7-13(15)17/h2-8,14H,9,18H2,1H3. The average molecular weight is 263 g/mol. The summed E-state index contributed by atoms with van der Waals surface area (Å²) in [4.78, 5) is 0. The van der Waals surface area contributed by atoms with Gasteiger partial charge in [-0.1, -0.05) is 18.2 Å². The lowest BCUT2D eigenvalue weighted by atomic mass is 10.1. The van der Waals surface area contributed by atoms with Crippen molar-refractivity contribution in [1.82, 2.24) is 0 Å². The van der Waals surface area contributed by atoms with Crippen molar-refractivity contribution in [2.24, 2.45) is 5.73 Å². The van der Waals surface area contributed by atoms with Crippen LogP contribution in [-0.2, 0) is 0 Å². The average Bonchev–Trinajstić information content (AvgIpc) is 2.36. The first-order valence-corrected chi connectivity index (χ1v) is 5.97. The van der Waals surface area contributed by atoms with E-state index in [1.807, 2.05) is 25.1 Å². The van der Waals surface area contributed by atoms with Crippen LogP contribution in [-0.4, -0.2) is 6.61 Å². The molecular formula is C15H15F2NO. The molecule has 0 aliphatic heterocycles. The number of hydrogen-bond donors (Lipinski definition) is 1. The molecule has 0 fully saturated rings. The summed E-state index contributed by atoms with van der Waals surface area (Å²) in [6, 6.07) is 10.2. The molecule has 2 N–H and O–H groups in total. The van der Waals surface area contributed by atoms with Gasteiger partial charge in [0.15, 0.2) is 0 Å². The van der Waals surface area contributed by atoms with E-state index < -0.39 is 17.7 Å². The van der Waals surface area contributed by atoms with Crippen molar-refractivity contribution in [1.29, 1.82) is 0 Å². The van der Waals surface area contributed by atoms with Crippen LogP contribution in [0.2, 0.25) is 0 Å². The van der Waals surface area contributed by atoms with Crippen molar-refractivity contribution in [2.45, 2.75) is 13.0 Å². The summed E-state index contributed by atoms with van der Waals surface area (Å²) in [6.45, 7) is 1.95. The smallest absolute Gasteiger partial charge is 0.131 e. The highest BCUT2D eigenvalue weighted by Crippen LogP contribution is 2.20. The molecule has 4 heteroatoms. The lowest BCUT2D eigenvalue weighted by Crippen LogP contribution is -2.21. The van der Waals surface area contributed by atoms with Crippen molar-refractivity contribution in [3.63, 3.8) is 0 Å². The largest absolute Gasteiger partial charge is 0.492 e. The molecule has 2 rings (SSSR count). The van der Waals surface area contributed by atoms with Crippen LogP contribution in [0.25, 0.3) is 0 Å². The minimum atomic E-state index is -0.846. The third-order valence-electron chi connectivity index (χ3n) is 2.79. The zero-order chi connectivity index (χ0) is 13.8. The molecule has 19 heavy (non-hydrogen) atoms. The lowest BCUT2D eigenvalue weighted by Gasteiger charge is -2.15. The van der Waals surface area contributed by atoms with Gasteiger partial charge in [0.1, 0.15) is 24.0 Å². The zero-order valence-electron chi connectivity index (χ0n) is 10.6. The van der Waals surface area contributed by atoms with Gasteiger partial charge in [0, 0.05) is 5.56 Å². The maximum absolute atomic E-state index is 13.5. The molecule has 0 saturated heterocycles. The van der Waals surface area contributed by atoms with Crippen LogP contribution < -0.4 is 10.5 Å². The molecule has 0 radical (unpaired) electrons. The molecule has 0 heterocycles. The van der Waals surface area contributed by atoms with E-state index in [0.717, 1.165) is 5.56 Å². The first-order valence-electron chi connectivity index (χ1n) is 5.97. The van der Waals surface area contributed by atoms with Crippen LogP contribution in [0.4, 0.5) is 8.78 Å². The predicted molar refractivity (Wildman–Crippen MR) is 70.0 cm³/mol. The van der Waals surface area contributed by atoms with E-state index in [-0.39, 0.29) is 12.2 Å². The van der Waals surface area contributed by atoms with Gasteiger partial charge in [0.05, 0.1) is 6.04 Å². The molecule has 0 bridgehead atoms. The zero-order valence-corrected chi connectivity index (χ0v) is 10.6. The van der Waals surface area contributed by atoms with Gasteiger partial charge < -0.3 is 10.5 Å². The molecule has 2 aromatic carbocycles. The Morgan fingerprint density at radius 1 is 1.11 bits per heavy atom. The molecular weight excluding hydrogens is 248 g/mol. The number of ether oxygens (including phenoxy) is 1. The van der Waals surface area contributed by atoms with E-state index in [0.29, 0.717) is 5.75 Å². The number of halogens is 2. The van der Waals surface area contributed by atoms with Gasteiger partial charge in [-0.2, -0.15) is 0 Å². The van der Waals surface area contributed by atoms with Crippen molar-refractivity contribution < 1.29 is 13.5 Å². The number of benzene rings is 2. The Hall–Kier alpha value is -1.94. The second-order valence-corrected chi connectivity index (χ2v) is 4.37. The number of hydrogen-bond acceptors (Lipinski definition) is 2. The number of aryl methyl sites for hydroxylation is 1. The highest BCUT2D eigenvalue weighted by Gasteiger charge is 2.16. The van der Waals surface area contributed by atoms with Crippen LogP contribution >= 0.6 is 0 Å². The van der Waals surface area contributed by atoms with Crippen molar-refractivity contribution in [2.75, 3.05) is 6.61 Å². The van der Waals surface area contributed by atoms with Gasteiger partial charge in [-0.3, -0.25) is 0 Å². The predicted octanol–water partition coefficient (Wildman–Crippen LogP) is 3.35. The molecule has 0 spiro atoms. The SMILES string of the molecule is Cc1cccc(OCC(N)c2c(F)cccc2F)c1. The van der Waals surface area contributed by atoms with Crippen LogP contribution in [0.3, 0.4) is 0 Å². The van der Waals surface area contributed by atoms with Crippen LogP contribution in [0, 0.1) is 18.6 Å². The van der Waals surface area contributed by atoms with E-state index in [9.17, 15) is 8.78 Å². The lowest BCUT2D eigenvalue weighted by molar-refractivity contribution is 0.284. The van der Waals surface area contributed by atoms with Crippen molar-refractivity contribution >= 4 is 0 Å². The molecule has 0 aliphatic carbocycles. The molecule has 1 atom stereocenters. The molecule has 2 nitrogen and oxygen atoms in total. The Kier molecular flexibility index (Phi) is 4.12. The summed E-state index contributed by atoms with van der Waals surface area (Å²) in [7, 11) is 0. The minimum absolute atomic E-state index is 0.0152. The van der Waals surface area contributed by atoms with Crippen molar-refractivity contribution in [3.8, 4) is 5.75 Å². The Bertz CT molecular complexity index is 552. The Morgan fingerprint density at radius 3 is 2.37 bits per heavy atom. The Labute approximate surface area is 110 Å². The van der Waals surface area contributed by atoms with Crippen molar-refractivity contribution in [3.05, 3.63) is 65.2 Å². The molecule has 0 amide bonds. The molecule has 1 unspecified atom stereocenters. The van der Waals surface area contributed by atoms with Crippen LogP contribution in [0.5, 0.6) is 5.75 Å². The van der Waals surface area contributed by atoms with Crippen LogP contribution in [0.15, 0.2) is 42.5 Å². The fourth-order valence-corrected chi connectivity index (χ4v) is 1.84. The van der Waals surface area contributed by atoms with Gasteiger partial charge in [0.25, 0.3) is 0 Å². The highest BCUT2D eigenvalue weighted by atomic mass is 19.1. The third-order valence-corrected chi connectivity index (χ3v) is 2.79. The maximum atomic E-state index is 13.5. The third kappa shape index (κ3) is 3.29. The van der Waals surface area contributed by atoms with Crippen LogP contribution in [0.1, 0.15) is 17.2 Å². The second-order valence-electron chi connectivity index (χ2n) is 4.37. The van der Waals surface area contributed by atoms with Gasteiger partial charge in [-0.15, -0.1) is 0 Å². The number of rotatable bonds is 4. The molecule has 0 aromatic heterocycles. The fourth-order valence-electron chi connectivity index (χ4n) is 1.84. The summed E-state index contributed by atoms with van der Waals surface area (Å²) in [5.74, 6) is -0.673. The van der Waals surface area contributed by atoms with E-state index in [1.165, 1.54) is 18.2 Å². The highest BCUT2D eigenvalue weighted by molar-refractivity contribution is 5.28. The molecule has 0 saturated carbocycles. The molecule has 100 valence electrons. The molecule has 0 aliphatic rings.